The second-order valence-electron chi connectivity index (χ2n) is 4.59. The molecule has 0 spiro atoms. The van der Waals surface area contributed by atoms with Gasteiger partial charge < -0.3 is 0 Å². The van der Waals surface area contributed by atoms with E-state index < -0.39 is 0 Å². The summed E-state index contributed by atoms with van der Waals surface area (Å²) in [4.78, 5) is 6.03. The standard InChI is InChI=1S/C12H19NS/c1-9(2)11-8-13-12(14-11)10-6-4-3-5-7-10/h8-10H,3-7H2,1-2H3. The topological polar surface area (TPSA) is 12.9 Å². The molecule has 2 rings (SSSR count). The molecular formula is C12H19NS. The van der Waals surface area contributed by atoms with Gasteiger partial charge in [-0.1, -0.05) is 33.1 Å². The Labute approximate surface area is 90.6 Å². The molecule has 1 aromatic heterocycles. The van der Waals surface area contributed by atoms with Gasteiger partial charge in [-0.3, -0.25) is 0 Å². The van der Waals surface area contributed by atoms with E-state index in [9.17, 15) is 0 Å². The van der Waals surface area contributed by atoms with Crippen molar-refractivity contribution in [3.63, 3.8) is 0 Å². The van der Waals surface area contributed by atoms with E-state index in [0.717, 1.165) is 5.92 Å². The number of thiazole rings is 1. The first-order valence-corrected chi connectivity index (χ1v) is 6.54. The summed E-state index contributed by atoms with van der Waals surface area (Å²) in [6.07, 6.45) is 9.05. The summed E-state index contributed by atoms with van der Waals surface area (Å²) < 4.78 is 0. The third-order valence-corrected chi connectivity index (χ3v) is 4.53. The van der Waals surface area contributed by atoms with Crippen LogP contribution < -0.4 is 0 Å². The van der Waals surface area contributed by atoms with E-state index in [1.807, 2.05) is 11.3 Å². The average Bonchev–Trinajstić information content (AvgIpc) is 2.68. The maximum Gasteiger partial charge on any atom is 0.0958 e. The number of aromatic nitrogens is 1. The second-order valence-corrected chi connectivity index (χ2v) is 5.68. The van der Waals surface area contributed by atoms with Gasteiger partial charge in [0.1, 0.15) is 0 Å². The van der Waals surface area contributed by atoms with Gasteiger partial charge in [0.15, 0.2) is 0 Å². The van der Waals surface area contributed by atoms with E-state index in [0.29, 0.717) is 5.92 Å². The molecule has 0 amide bonds. The molecule has 0 unspecified atom stereocenters. The van der Waals surface area contributed by atoms with E-state index in [-0.39, 0.29) is 0 Å². The SMILES string of the molecule is CC(C)c1cnc(C2CCCCC2)s1. The first-order chi connectivity index (χ1) is 6.77. The lowest BCUT2D eigenvalue weighted by Crippen LogP contribution is -2.03. The molecule has 0 aliphatic heterocycles. The fourth-order valence-electron chi connectivity index (χ4n) is 2.11. The molecule has 1 aliphatic carbocycles. The Morgan fingerprint density at radius 1 is 1.29 bits per heavy atom. The van der Waals surface area contributed by atoms with E-state index in [1.165, 1.54) is 42.0 Å². The molecule has 1 nitrogen and oxygen atoms in total. The third-order valence-electron chi connectivity index (χ3n) is 3.06. The maximum atomic E-state index is 4.58. The Kier molecular flexibility index (Phi) is 3.22. The van der Waals surface area contributed by atoms with Gasteiger partial charge >= 0.3 is 0 Å². The van der Waals surface area contributed by atoms with E-state index >= 15 is 0 Å². The molecule has 0 atom stereocenters. The normalized spacial score (nSPS) is 19.1. The first kappa shape index (κ1) is 10.2. The molecule has 0 saturated heterocycles. The molecule has 2 heteroatoms. The van der Waals surface area contributed by atoms with Crippen LogP contribution in [-0.2, 0) is 0 Å². The largest absolute Gasteiger partial charge is 0.249 e. The summed E-state index contributed by atoms with van der Waals surface area (Å²) in [5.41, 5.74) is 0. The van der Waals surface area contributed by atoms with Crippen molar-refractivity contribution < 1.29 is 0 Å². The zero-order valence-corrected chi connectivity index (χ0v) is 9.94. The summed E-state index contributed by atoms with van der Waals surface area (Å²) in [7, 11) is 0. The number of nitrogens with zero attached hydrogens (tertiary/aromatic N) is 1. The summed E-state index contributed by atoms with van der Waals surface area (Å²) in [5.74, 6) is 1.42. The van der Waals surface area contributed by atoms with Crippen LogP contribution in [0, 0.1) is 0 Å². The van der Waals surface area contributed by atoms with Crippen LogP contribution in [0.1, 0.15) is 67.7 Å². The van der Waals surface area contributed by atoms with Crippen molar-refractivity contribution in [2.75, 3.05) is 0 Å². The minimum absolute atomic E-state index is 0.643. The van der Waals surface area contributed by atoms with Gasteiger partial charge in [0.25, 0.3) is 0 Å². The lowest BCUT2D eigenvalue weighted by Gasteiger charge is -2.18. The molecule has 1 aromatic rings. The fraction of sp³-hybridized carbons (Fsp3) is 0.750. The molecular weight excluding hydrogens is 190 g/mol. The second kappa shape index (κ2) is 4.43. The molecule has 1 saturated carbocycles. The predicted octanol–water partition coefficient (Wildman–Crippen LogP) is 4.31. The number of hydrogen-bond donors (Lipinski definition) is 0. The smallest absolute Gasteiger partial charge is 0.0958 e. The van der Waals surface area contributed by atoms with Crippen LogP contribution >= 0.6 is 11.3 Å². The fourth-order valence-corrected chi connectivity index (χ4v) is 3.20. The molecule has 78 valence electrons. The average molecular weight is 209 g/mol. The molecule has 0 radical (unpaired) electrons. The van der Waals surface area contributed by atoms with E-state index in [1.54, 1.807) is 0 Å². The summed E-state index contributed by atoms with van der Waals surface area (Å²) in [5, 5.41) is 1.40. The first-order valence-electron chi connectivity index (χ1n) is 5.73. The Bertz CT molecular complexity index is 284. The van der Waals surface area contributed by atoms with Gasteiger partial charge in [0.2, 0.25) is 0 Å². The summed E-state index contributed by atoms with van der Waals surface area (Å²) in [6.45, 7) is 4.50. The van der Waals surface area contributed by atoms with Crippen LogP contribution in [-0.4, -0.2) is 4.98 Å². The van der Waals surface area contributed by atoms with Gasteiger partial charge in [0, 0.05) is 17.0 Å². The minimum Gasteiger partial charge on any atom is -0.249 e. The van der Waals surface area contributed by atoms with Crippen LogP contribution in [0.4, 0.5) is 0 Å². The van der Waals surface area contributed by atoms with Crippen molar-refractivity contribution in [2.45, 2.75) is 57.8 Å². The van der Waals surface area contributed by atoms with Crippen molar-refractivity contribution in [1.82, 2.24) is 4.98 Å². The minimum atomic E-state index is 0.643. The molecule has 1 heterocycles. The lowest BCUT2D eigenvalue weighted by molar-refractivity contribution is 0.442. The zero-order valence-electron chi connectivity index (χ0n) is 9.12. The Hall–Kier alpha value is -0.370. The number of hydrogen-bond acceptors (Lipinski definition) is 2. The van der Waals surface area contributed by atoms with Gasteiger partial charge in [-0.2, -0.15) is 0 Å². The van der Waals surface area contributed by atoms with Gasteiger partial charge in [-0.25, -0.2) is 4.98 Å². The molecule has 0 N–H and O–H groups in total. The lowest BCUT2D eigenvalue weighted by atomic mass is 9.90. The van der Waals surface area contributed by atoms with Crippen LogP contribution in [0.5, 0.6) is 0 Å². The Balaban J connectivity index is 2.07. The predicted molar refractivity (Wildman–Crippen MR) is 62.0 cm³/mol. The quantitative estimate of drug-likeness (QED) is 0.707. The summed E-state index contributed by atoms with van der Waals surface area (Å²) >= 11 is 1.94. The zero-order chi connectivity index (χ0) is 9.97. The molecule has 0 aromatic carbocycles. The highest BCUT2D eigenvalue weighted by molar-refractivity contribution is 7.11. The van der Waals surface area contributed by atoms with Crippen molar-refractivity contribution in [2.24, 2.45) is 0 Å². The molecule has 0 bridgehead atoms. The van der Waals surface area contributed by atoms with Crippen LogP contribution in [0.3, 0.4) is 0 Å². The molecule has 1 aliphatic rings. The third kappa shape index (κ3) is 2.17. The van der Waals surface area contributed by atoms with Crippen molar-refractivity contribution >= 4 is 11.3 Å². The summed E-state index contributed by atoms with van der Waals surface area (Å²) in [6, 6.07) is 0. The van der Waals surface area contributed by atoms with E-state index in [4.69, 9.17) is 0 Å². The monoisotopic (exact) mass is 209 g/mol. The molecule has 14 heavy (non-hydrogen) atoms. The van der Waals surface area contributed by atoms with Crippen LogP contribution in [0.25, 0.3) is 0 Å². The van der Waals surface area contributed by atoms with Crippen LogP contribution in [0.2, 0.25) is 0 Å². The van der Waals surface area contributed by atoms with Gasteiger partial charge in [-0.15, -0.1) is 11.3 Å². The highest BCUT2D eigenvalue weighted by atomic mass is 32.1. The Morgan fingerprint density at radius 3 is 2.57 bits per heavy atom. The molecule has 1 fully saturated rings. The maximum absolute atomic E-state index is 4.58. The van der Waals surface area contributed by atoms with Crippen molar-refractivity contribution in [1.29, 1.82) is 0 Å². The highest BCUT2D eigenvalue weighted by Crippen LogP contribution is 2.36. The van der Waals surface area contributed by atoms with Crippen molar-refractivity contribution in [3.8, 4) is 0 Å². The van der Waals surface area contributed by atoms with Crippen LogP contribution in [0.15, 0.2) is 6.20 Å². The van der Waals surface area contributed by atoms with E-state index in [2.05, 4.69) is 25.0 Å². The van der Waals surface area contributed by atoms with Gasteiger partial charge in [0.05, 0.1) is 5.01 Å². The van der Waals surface area contributed by atoms with Crippen molar-refractivity contribution in [3.05, 3.63) is 16.1 Å². The Morgan fingerprint density at radius 2 is 2.00 bits per heavy atom. The number of rotatable bonds is 2. The van der Waals surface area contributed by atoms with Gasteiger partial charge in [-0.05, 0) is 18.8 Å². The highest BCUT2D eigenvalue weighted by Gasteiger charge is 2.18.